The van der Waals surface area contributed by atoms with Gasteiger partial charge in [-0.15, -0.1) is 11.3 Å². The zero-order valence-corrected chi connectivity index (χ0v) is 12.5. The molecule has 1 heterocycles. The van der Waals surface area contributed by atoms with Gasteiger partial charge in [-0.25, -0.2) is 0 Å². The van der Waals surface area contributed by atoms with E-state index in [9.17, 15) is 4.79 Å². The number of Topliss-reactive ketones (excluding diaryl/α,β-unsaturated/α-hetero) is 1. The fourth-order valence-corrected chi connectivity index (χ4v) is 3.15. The van der Waals surface area contributed by atoms with Crippen LogP contribution in [-0.2, 0) is 6.42 Å². The summed E-state index contributed by atoms with van der Waals surface area (Å²) in [5.41, 5.74) is 0.309. The van der Waals surface area contributed by atoms with E-state index < -0.39 is 0 Å². The Bertz CT molecular complexity index is 371. The van der Waals surface area contributed by atoms with E-state index >= 15 is 0 Å². The second kappa shape index (κ2) is 5.81. The van der Waals surface area contributed by atoms with Crippen LogP contribution in [0.15, 0.2) is 12.1 Å². The first-order chi connectivity index (χ1) is 7.81. The summed E-state index contributed by atoms with van der Waals surface area (Å²) in [7, 11) is 0. The van der Waals surface area contributed by atoms with Crippen LogP contribution in [0.2, 0.25) is 0 Å². The van der Waals surface area contributed by atoms with Crippen LogP contribution in [0.5, 0.6) is 0 Å². The van der Waals surface area contributed by atoms with Gasteiger partial charge in [0, 0.05) is 11.3 Å². The third kappa shape index (κ3) is 5.03. The first-order valence-corrected chi connectivity index (χ1v) is 7.25. The molecule has 0 saturated carbocycles. The predicted octanol–water partition coefficient (Wildman–Crippen LogP) is 4.96. The minimum Gasteiger partial charge on any atom is -0.293 e. The number of hydrogen-bond donors (Lipinski definition) is 0. The molecule has 0 spiro atoms. The van der Waals surface area contributed by atoms with E-state index in [1.807, 2.05) is 6.07 Å². The second-order valence-electron chi connectivity index (χ2n) is 6.12. The van der Waals surface area contributed by atoms with Crippen LogP contribution < -0.4 is 0 Å². The number of thiophene rings is 1. The van der Waals surface area contributed by atoms with Gasteiger partial charge in [0.05, 0.1) is 4.88 Å². The third-order valence-electron chi connectivity index (χ3n) is 2.78. The van der Waals surface area contributed by atoms with Gasteiger partial charge in [0.25, 0.3) is 0 Å². The second-order valence-corrected chi connectivity index (χ2v) is 7.29. The maximum Gasteiger partial charge on any atom is 0.173 e. The number of rotatable bonds is 5. The van der Waals surface area contributed by atoms with E-state index in [-0.39, 0.29) is 0 Å². The normalized spacial score (nSPS) is 13.7. The lowest BCUT2D eigenvalue weighted by atomic mass is 9.83. The average molecular weight is 252 g/mol. The zero-order valence-electron chi connectivity index (χ0n) is 11.7. The molecule has 96 valence electrons. The highest BCUT2D eigenvalue weighted by atomic mass is 32.1. The van der Waals surface area contributed by atoms with E-state index in [1.54, 1.807) is 11.3 Å². The molecule has 1 unspecified atom stereocenters. The first-order valence-electron chi connectivity index (χ1n) is 6.43. The molecule has 0 radical (unpaired) electrons. The van der Waals surface area contributed by atoms with E-state index in [4.69, 9.17) is 0 Å². The van der Waals surface area contributed by atoms with Crippen LogP contribution in [0.4, 0.5) is 0 Å². The Kier molecular flexibility index (Phi) is 4.93. The Morgan fingerprint density at radius 2 is 2.00 bits per heavy atom. The van der Waals surface area contributed by atoms with Gasteiger partial charge in [0.1, 0.15) is 0 Å². The largest absolute Gasteiger partial charge is 0.293 e. The Morgan fingerprint density at radius 3 is 2.47 bits per heavy atom. The van der Waals surface area contributed by atoms with Crippen molar-refractivity contribution in [3.8, 4) is 0 Å². The monoisotopic (exact) mass is 252 g/mol. The van der Waals surface area contributed by atoms with Gasteiger partial charge in [-0.2, -0.15) is 0 Å². The molecule has 1 rings (SSSR count). The van der Waals surface area contributed by atoms with Crippen molar-refractivity contribution < 1.29 is 4.79 Å². The molecule has 1 aromatic rings. The maximum atomic E-state index is 12.1. The predicted molar refractivity (Wildman–Crippen MR) is 75.9 cm³/mol. The summed E-state index contributed by atoms with van der Waals surface area (Å²) in [4.78, 5) is 14.3. The fourth-order valence-electron chi connectivity index (χ4n) is 2.25. The molecule has 0 bridgehead atoms. The SMILES string of the molecule is CCc1ccc(C(=O)CC(C)CC(C)(C)C)s1. The lowest BCUT2D eigenvalue weighted by molar-refractivity contribution is 0.0958. The smallest absolute Gasteiger partial charge is 0.173 e. The average Bonchev–Trinajstić information content (AvgIpc) is 2.62. The Hall–Kier alpha value is -0.630. The molecule has 0 amide bonds. The van der Waals surface area contributed by atoms with E-state index in [2.05, 4.69) is 40.7 Å². The molecule has 0 saturated heterocycles. The molecule has 1 aromatic heterocycles. The van der Waals surface area contributed by atoms with Crippen molar-refractivity contribution in [2.24, 2.45) is 11.3 Å². The van der Waals surface area contributed by atoms with Crippen molar-refractivity contribution >= 4 is 17.1 Å². The van der Waals surface area contributed by atoms with Gasteiger partial charge in [0.2, 0.25) is 0 Å². The standard InChI is InChI=1S/C15H24OS/c1-6-12-7-8-14(17-12)13(16)9-11(2)10-15(3,4)5/h7-8,11H,6,9-10H2,1-5H3. The number of carbonyl (C=O) groups excluding carboxylic acids is 1. The van der Waals surface area contributed by atoms with Crippen molar-refractivity contribution in [3.05, 3.63) is 21.9 Å². The van der Waals surface area contributed by atoms with Crippen molar-refractivity contribution in [1.82, 2.24) is 0 Å². The molecular weight excluding hydrogens is 228 g/mol. The molecule has 1 nitrogen and oxygen atoms in total. The van der Waals surface area contributed by atoms with E-state index in [0.29, 0.717) is 23.5 Å². The lowest BCUT2D eigenvalue weighted by Crippen LogP contribution is -2.14. The van der Waals surface area contributed by atoms with Gasteiger partial charge in [-0.05, 0) is 36.3 Å². The minimum absolute atomic E-state index is 0.309. The number of ketones is 1. The molecule has 0 aromatic carbocycles. The molecule has 0 fully saturated rings. The quantitative estimate of drug-likeness (QED) is 0.677. The van der Waals surface area contributed by atoms with Crippen LogP contribution in [0.25, 0.3) is 0 Å². The van der Waals surface area contributed by atoms with Gasteiger partial charge < -0.3 is 0 Å². The summed E-state index contributed by atoms with van der Waals surface area (Å²) < 4.78 is 0. The number of carbonyl (C=O) groups is 1. The Morgan fingerprint density at radius 1 is 1.35 bits per heavy atom. The molecule has 2 heteroatoms. The highest BCUT2D eigenvalue weighted by molar-refractivity contribution is 7.14. The summed E-state index contributed by atoms with van der Waals surface area (Å²) >= 11 is 1.65. The summed E-state index contributed by atoms with van der Waals surface area (Å²) in [5.74, 6) is 0.779. The molecule has 0 N–H and O–H groups in total. The van der Waals surface area contributed by atoms with Gasteiger partial charge in [0.15, 0.2) is 5.78 Å². The fraction of sp³-hybridized carbons (Fsp3) is 0.667. The van der Waals surface area contributed by atoms with Crippen LogP contribution in [0, 0.1) is 11.3 Å². The molecule has 1 atom stereocenters. The molecule has 0 aliphatic rings. The van der Waals surface area contributed by atoms with Gasteiger partial charge in [-0.3, -0.25) is 4.79 Å². The highest BCUT2D eigenvalue weighted by Crippen LogP contribution is 2.28. The van der Waals surface area contributed by atoms with Crippen molar-refractivity contribution in [3.63, 3.8) is 0 Å². The van der Waals surface area contributed by atoms with Crippen molar-refractivity contribution in [2.75, 3.05) is 0 Å². The number of aryl methyl sites for hydroxylation is 1. The minimum atomic E-state index is 0.309. The highest BCUT2D eigenvalue weighted by Gasteiger charge is 2.19. The molecule has 0 aliphatic heterocycles. The van der Waals surface area contributed by atoms with Crippen LogP contribution >= 0.6 is 11.3 Å². The summed E-state index contributed by atoms with van der Waals surface area (Å²) in [5, 5.41) is 0. The molecule has 17 heavy (non-hydrogen) atoms. The van der Waals surface area contributed by atoms with Crippen LogP contribution in [0.3, 0.4) is 0 Å². The van der Waals surface area contributed by atoms with Crippen molar-refractivity contribution in [2.45, 2.75) is 53.9 Å². The molecule has 0 aliphatic carbocycles. The summed E-state index contributed by atoms with van der Waals surface area (Å²) in [6, 6.07) is 4.06. The maximum absolute atomic E-state index is 12.1. The van der Waals surface area contributed by atoms with Gasteiger partial charge >= 0.3 is 0 Å². The van der Waals surface area contributed by atoms with E-state index in [1.165, 1.54) is 4.88 Å². The first kappa shape index (κ1) is 14.4. The lowest BCUT2D eigenvalue weighted by Gasteiger charge is -2.22. The topological polar surface area (TPSA) is 17.1 Å². The van der Waals surface area contributed by atoms with Crippen LogP contribution in [-0.4, -0.2) is 5.78 Å². The summed E-state index contributed by atoms with van der Waals surface area (Å²) in [6.07, 6.45) is 2.81. The zero-order chi connectivity index (χ0) is 13.1. The Labute approximate surface area is 109 Å². The third-order valence-corrected chi connectivity index (χ3v) is 4.05. The summed E-state index contributed by atoms with van der Waals surface area (Å²) in [6.45, 7) is 11.0. The van der Waals surface area contributed by atoms with Crippen LogP contribution in [0.1, 0.15) is 62.0 Å². The molecular formula is C15H24OS. The van der Waals surface area contributed by atoms with Crippen molar-refractivity contribution in [1.29, 1.82) is 0 Å². The number of hydrogen-bond acceptors (Lipinski definition) is 2. The Balaban J connectivity index is 2.54. The van der Waals surface area contributed by atoms with E-state index in [0.717, 1.165) is 17.7 Å². The van der Waals surface area contributed by atoms with Gasteiger partial charge in [-0.1, -0.05) is 34.6 Å².